The van der Waals surface area contributed by atoms with Crippen molar-refractivity contribution >= 4 is 23.4 Å². The van der Waals surface area contributed by atoms with Crippen molar-refractivity contribution in [2.75, 3.05) is 6.61 Å². The summed E-state index contributed by atoms with van der Waals surface area (Å²) in [5.74, 6) is 0.575. The van der Waals surface area contributed by atoms with E-state index in [1.54, 1.807) is 24.3 Å². The molecule has 0 saturated heterocycles. The molecule has 0 unspecified atom stereocenters. The summed E-state index contributed by atoms with van der Waals surface area (Å²) in [4.78, 5) is 24.2. The van der Waals surface area contributed by atoms with E-state index in [0.717, 1.165) is 19.3 Å². The maximum Gasteiger partial charge on any atom is 0.258 e. The minimum absolute atomic E-state index is 0.0154. The fraction of sp³-hybridized carbons (Fsp3) is 0.579. The highest BCUT2D eigenvalue weighted by Crippen LogP contribution is 2.60. The first-order valence-electron chi connectivity index (χ1n) is 8.59. The quantitative estimate of drug-likeness (QED) is 0.815. The van der Waals surface area contributed by atoms with Crippen molar-refractivity contribution in [3.05, 3.63) is 29.3 Å². The van der Waals surface area contributed by atoms with Crippen LogP contribution in [0, 0.1) is 5.41 Å². The molecule has 0 aromatic heterocycles. The minimum atomic E-state index is -0.157. The smallest absolute Gasteiger partial charge is 0.258 e. The van der Waals surface area contributed by atoms with Crippen LogP contribution in [-0.2, 0) is 9.59 Å². The molecule has 1 aromatic carbocycles. The zero-order chi connectivity index (χ0) is 18.3. The average molecular weight is 365 g/mol. The molecule has 0 spiro atoms. The van der Waals surface area contributed by atoms with Gasteiger partial charge in [-0.3, -0.25) is 9.59 Å². The molecule has 2 bridgehead atoms. The molecule has 3 aliphatic rings. The molecule has 5 nitrogen and oxygen atoms in total. The van der Waals surface area contributed by atoms with Gasteiger partial charge in [0.05, 0.1) is 0 Å². The zero-order valence-electron chi connectivity index (χ0n) is 14.9. The molecule has 25 heavy (non-hydrogen) atoms. The van der Waals surface area contributed by atoms with Gasteiger partial charge in [0.2, 0.25) is 5.91 Å². The number of halogens is 1. The van der Waals surface area contributed by atoms with Gasteiger partial charge in [-0.25, -0.2) is 0 Å². The van der Waals surface area contributed by atoms with Crippen LogP contribution in [0.2, 0.25) is 5.02 Å². The van der Waals surface area contributed by atoms with Crippen molar-refractivity contribution in [1.82, 2.24) is 10.6 Å². The van der Waals surface area contributed by atoms with E-state index in [9.17, 15) is 9.59 Å². The Morgan fingerprint density at radius 3 is 2.08 bits per heavy atom. The molecule has 136 valence electrons. The van der Waals surface area contributed by atoms with Crippen LogP contribution in [0.25, 0.3) is 0 Å². The van der Waals surface area contributed by atoms with Gasteiger partial charge in [-0.05, 0) is 48.9 Å². The number of amides is 2. The van der Waals surface area contributed by atoms with Gasteiger partial charge in [-0.15, -0.1) is 0 Å². The van der Waals surface area contributed by atoms with Crippen LogP contribution in [0.4, 0.5) is 0 Å². The predicted octanol–water partition coefficient (Wildman–Crippen LogP) is 3.06. The van der Waals surface area contributed by atoms with Gasteiger partial charge in [0.15, 0.2) is 6.61 Å². The molecule has 0 aliphatic heterocycles. The van der Waals surface area contributed by atoms with Crippen molar-refractivity contribution in [2.24, 2.45) is 5.41 Å². The second-order valence-corrected chi connectivity index (χ2v) is 9.10. The first-order valence-corrected chi connectivity index (χ1v) is 8.97. The Labute approximate surface area is 153 Å². The molecule has 3 aliphatic carbocycles. The SMILES string of the molecule is CC(C)(C)CC(=O)NC12CC(NC(=O)COc3ccc(Cl)cc3)(C1)C2. The monoisotopic (exact) mass is 364 g/mol. The highest BCUT2D eigenvalue weighted by Gasteiger charge is 2.69. The summed E-state index contributed by atoms with van der Waals surface area (Å²) in [5.41, 5.74) is -0.277. The molecule has 0 heterocycles. The van der Waals surface area contributed by atoms with Crippen molar-refractivity contribution in [2.45, 2.75) is 57.5 Å². The maximum absolute atomic E-state index is 12.1. The molecule has 2 amide bonds. The molecule has 6 heteroatoms. The van der Waals surface area contributed by atoms with Gasteiger partial charge in [0.25, 0.3) is 5.91 Å². The number of ether oxygens (including phenoxy) is 1. The zero-order valence-corrected chi connectivity index (χ0v) is 15.7. The Morgan fingerprint density at radius 2 is 1.56 bits per heavy atom. The van der Waals surface area contributed by atoms with Crippen molar-refractivity contribution in [1.29, 1.82) is 0 Å². The third-order valence-corrected chi connectivity index (χ3v) is 4.97. The minimum Gasteiger partial charge on any atom is -0.484 e. The number of carbonyl (C=O) groups is 2. The van der Waals surface area contributed by atoms with Crippen LogP contribution in [-0.4, -0.2) is 29.5 Å². The summed E-state index contributed by atoms with van der Waals surface area (Å²) in [6, 6.07) is 6.91. The maximum atomic E-state index is 12.1. The first kappa shape index (κ1) is 18.1. The van der Waals surface area contributed by atoms with E-state index in [4.69, 9.17) is 16.3 Å². The molecular formula is C19H25ClN2O3. The van der Waals surface area contributed by atoms with Crippen molar-refractivity contribution < 1.29 is 14.3 Å². The standard InChI is InChI=1S/C19H25ClN2O3/c1-17(2,3)8-15(23)21-18-10-19(11-18,12-18)22-16(24)9-25-14-6-4-13(20)5-7-14/h4-7H,8-12H2,1-3H3,(H,21,23)(H,22,24). The highest BCUT2D eigenvalue weighted by molar-refractivity contribution is 6.30. The number of hydrogen-bond donors (Lipinski definition) is 2. The van der Waals surface area contributed by atoms with E-state index in [2.05, 4.69) is 31.4 Å². The molecule has 3 saturated carbocycles. The lowest BCUT2D eigenvalue weighted by molar-refractivity contribution is -0.151. The Hall–Kier alpha value is -1.75. The normalized spacial score (nSPS) is 26.9. The summed E-state index contributed by atoms with van der Waals surface area (Å²) >= 11 is 5.81. The molecule has 0 radical (unpaired) electrons. The van der Waals surface area contributed by atoms with Crippen LogP contribution in [0.5, 0.6) is 5.75 Å². The van der Waals surface area contributed by atoms with Gasteiger partial charge < -0.3 is 15.4 Å². The Bertz CT molecular complexity index is 659. The molecule has 2 N–H and O–H groups in total. The third kappa shape index (κ3) is 4.27. The van der Waals surface area contributed by atoms with Gasteiger partial charge in [0, 0.05) is 22.5 Å². The fourth-order valence-corrected chi connectivity index (χ4v) is 4.01. The molecule has 1 aromatic rings. The summed E-state index contributed by atoms with van der Waals surface area (Å²) in [7, 11) is 0. The first-order chi connectivity index (χ1) is 11.6. The number of rotatable bonds is 6. The van der Waals surface area contributed by atoms with Gasteiger partial charge >= 0.3 is 0 Å². The number of carbonyl (C=O) groups excluding carboxylic acids is 2. The van der Waals surface area contributed by atoms with E-state index >= 15 is 0 Å². The number of benzene rings is 1. The lowest BCUT2D eigenvalue weighted by Gasteiger charge is -2.70. The van der Waals surface area contributed by atoms with E-state index in [1.165, 1.54) is 0 Å². The van der Waals surface area contributed by atoms with E-state index < -0.39 is 0 Å². The van der Waals surface area contributed by atoms with Crippen molar-refractivity contribution in [3.8, 4) is 5.75 Å². The van der Waals surface area contributed by atoms with Crippen LogP contribution >= 0.6 is 11.6 Å². The predicted molar refractivity (Wildman–Crippen MR) is 96.6 cm³/mol. The Kier molecular flexibility index (Phi) is 4.48. The topological polar surface area (TPSA) is 67.4 Å². The second kappa shape index (κ2) is 6.20. The van der Waals surface area contributed by atoms with Gasteiger partial charge in [0.1, 0.15) is 5.75 Å². The lowest BCUT2D eigenvalue weighted by Crippen LogP contribution is -2.84. The summed E-state index contributed by atoms with van der Waals surface area (Å²) in [6.45, 7) is 6.14. The van der Waals surface area contributed by atoms with E-state index in [-0.39, 0.29) is 34.9 Å². The summed E-state index contributed by atoms with van der Waals surface area (Å²) in [6.07, 6.45) is 2.94. The molecule has 3 fully saturated rings. The summed E-state index contributed by atoms with van der Waals surface area (Å²) in [5, 5.41) is 6.82. The largest absolute Gasteiger partial charge is 0.484 e. The van der Waals surface area contributed by atoms with E-state index in [0.29, 0.717) is 17.2 Å². The third-order valence-electron chi connectivity index (χ3n) is 4.71. The average Bonchev–Trinajstić information content (AvgIpc) is 2.41. The Balaban J connectivity index is 1.39. The van der Waals surface area contributed by atoms with Crippen molar-refractivity contribution in [3.63, 3.8) is 0 Å². The highest BCUT2D eigenvalue weighted by atomic mass is 35.5. The van der Waals surface area contributed by atoms with Crippen LogP contribution in [0.15, 0.2) is 24.3 Å². The lowest BCUT2D eigenvalue weighted by atomic mass is 9.44. The summed E-state index contributed by atoms with van der Waals surface area (Å²) < 4.78 is 5.46. The van der Waals surface area contributed by atoms with E-state index in [1.807, 2.05) is 0 Å². The van der Waals surface area contributed by atoms with Gasteiger partial charge in [-0.1, -0.05) is 32.4 Å². The van der Waals surface area contributed by atoms with Gasteiger partial charge in [-0.2, -0.15) is 0 Å². The number of hydrogen-bond acceptors (Lipinski definition) is 3. The molecule has 4 rings (SSSR count). The fourth-order valence-electron chi connectivity index (χ4n) is 3.89. The van der Waals surface area contributed by atoms with Crippen LogP contribution in [0.1, 0.15) is 46.5 Å². The molecular weight excluding hydrogens is 340 g/mol. The number of nitrogens with one attached hydrogen (secondary N) is 2. The second-order valence-electron chi connectivity index (χ2n) is 8.67. The van der Waals surface area contributed by atoms with Crippen LogP contribution < -0.4 is 15.4 Å². The van der Waals surface area contributed by atoms with Crippen LogP contribution in [0.3, 0.4) is 0 Å². The molecule has 0 atom stereocenters. The Morgan fingerprint density at radius 1 is 1.04 bits per heavy atom.